The van der Waals surface area contributed by atoms with Gasteiger partial charge in [-0.1, -0.05) is 32.1 Å². The molecule has 0 aromatic rings. The molecule has 0 atom stereocenters. The molecular weight excluding hydrogens is 172 g/mol. The molecule has 0 N–H and O–H groups in total. The molecule has 0 aromatic heterocycles. The largest absolute Gasteiger partial charge is 0.376 e. The predicted molar refractivity (Wildman–Crippen MR) is 61.5 cm³/mol. The molecule has 0 aromatic carbocycles. The molecular formula is C13H26O. The average molecular weight is 198 g/mol. The van der Waals surface area contributed by atoms with Crippen LogP contribution in [-0.2, 0) is 4.74 Å². The smallest absolute Gasteiger partial charge is 0.0598 e. The molecule has 1 saturated carbocycles. The lowest BCUT2D eigenvalue weighted by atomic mass is 9.92. The second kappa shape index (κ2) is 5.75. The van der Waals surface area contributed by atoms with Crippen molar-refractivity contribution in [1.29, 1.82) is 0 Å². The van der Waals surface area contributed by atoms with Gasteiger partial charge in [-0.25, -0.2) is 0 Å². The van der Waals surface area contributed by atoms with Crippen molar-refractivity contribution in [2.75, 3.05) is 6.61 Å². The first-order valence-corrected chi connectivity index (χ1v) is 6.22. The normalized spacial score (nSPS) is 21.6. The average Bonchev–Trinajstić information content (AvgIpc) is 2.00. The Hall–Kier alpha value is -0.0400. The van der Waals surface area contributed by atoms with Gasteiger partial charge in [0.15, 0.2) is 0 Å². The van der Waals surface area contributed by atoms with Crippen molar-refractivity contribution in [1.82, 2.24) is 0 Å². The van der Waals surface area contributed by atoms with E-state index in [4.69, 9.17) is 4.74 Å². The van der Waals surface area contributed by atoms with Gasteiger partial charge in [0.25, 0.3) is 0 Å². The summed E-state index contributed by atoms with van der Waals surface area (Å²) in [6.07, 6.45) is 9.92. The monoisotopic (exact) mass is 198 g/mol. The van der Waals surface area contributed by atoms with Crippen LogP contribution < -0.4 is 0 Å². The highest BCUT2D eigenvalue weighted by atomic mass is 16.5. The molecule has 0 aliphatic heterocycles. The molecule has 0 radical (unpaired) electrons. The Bertz CT molecular complexity index is 138. The van der Waals surface area contributed by atoms with Gasteiger partial charge in [-0.15, -0.1) is 0 Å². The minimum Gasteiger partial charge on any atom is -0.376 e. The van der Waals surface area contributed by atoms with Gasteiger partial charge in [-0.2, -0.15) is 0 Å². The van der Waals surface area contributed by atoms with Crippen molar-refractivity contribution in [3.63, 3.8) is 0 Å². The first kappa shape index (κ1) is 12.0. The van der Waals surface area contributed by atoms with Crippen LogP contribution in [0.3, 0.4) is 0 Å². The molecule has 1 heteroatoms. The zero-order chi connectivity index (χ0) is 10.4. The molecule has 0 spiro atoms. The third-order valence-corrected chi connectivity index (χ3v) is 2.98. The van der Waals surface area contributed by atoms with Gasteiger partial charge >= 0.3 is 0 Å². The Morgan fingerprint density at radius 3 is 1.93 bits per heavy atom. The fourth-order valence-corrected chi connectivity index (χ4v) is 2.08. The van der Waals surface area contributed by atoms with Crippen molar-refractivity contribution in [3.8, 4) is 0 Å². The second-order valence-corrected chi connectivity index (χ2v) is 5.63. The number of hydrogen-bond acceptors (Lipinski definition) is 1. The van der Waals surface area contributed by atoms with E-state index >= 15 is 0 Å². The lowest BCUT2D eigenvalue weighted by molar-refractivity contribution is -0.0260. The van der Waals surface area contributed by atoms with Gasteiger partial charge in [0.2, 0.25) is 0 Å². The summed E-state index contributed by atoms with van der Waals surface area (Å²) in [5.41, 5.74) is 0.0440. The highest BCUT2D eigenvalue weighted by Crippen LogP contribution is 2.23. The third-order valence-electron chi connectivity index (χ3n) is 2.98. The van der Waals surface area contributed by atoms with Crippen LogP contribution in [0.1, 0.15) is 65.7 Å². The Morgan fingerprint density at radius 2 is 1.43 bits per heavy atom. The molecule has 0 heterocycles. The lowest BCUT2D eigenvalue weighted by Gasteiger charge is -2.25. The highest BCUT2D eigenvalue weighted by molar-refractivity contribution is 4.66. The molecule has 0 amide bonds. The summed E-state index contributed by atoms with van der Waals surface area (Å²) >= 11 is 0. The van der Waals surface area contributed by atoms with E-state index in [0.717, 1.165) is 12.5 Å². The Balaban J connectivity index is 2.20. The third kappa shape index (κ3) is 5.64. The molecule has 1 nitrogen and oxygen atoms in total. The first-order valence-electron chi connectivity index (χ1n) is 6.22. The maximum Gasteiger partial charge on any atom is 0.0598 e. The molecule has 14 heavy (non-hydrogen) atoms. The van der Waals surface area contributed by atoms with Gasteiger partial charge in [-0.3, -0.25) is 0 Å². The maximum atomic E-state index is 5.87. The standard InChI is InChI=1S/C13H26O/c1-13(2,3)14-11-12-9-7-5-4-6-8-10-12/h12H,4-11H2,1-3H3. The quantitative estimate of drug-likeness (QED) is 0.647. The Kier molecular flexibility index (Phi) is 4.94. The van der Waals surface area contributed by atoms with Crippen molar-refractivity contribution >= 4 is 0 Å². The second-order valence-electron chi connectivity index (χ2n) is 5.63. The highest BCUT2D eigenvalue weighted by Gasteiger charge is 2.16. The molecule has 0 saturated heterocycles. The molecule has 1 fully saturated rings. The summed E-state index contributed by atoms with van der Waals surface area (Å²) in [6, 6.07) is 0. The van der Waals surface area contributed by atoms with Crippen molar-refractivity contribution in [2.24, 2.45) is 5.92 Å². The predicted octanol–water partition coefficient (Wildman–Crippen LogP) is 4.16. The number of hydrogen-bond donors (Lipinski definition) is 0. The molecule has 0 unspecified atom stereocenters. The molecule has 1 aliphatic carbocycles. The van der Waals surface area contributed by atoms with Crippen LogP contribution in [0, 0.1) is 5.92 Å². The summed E-state index contributed by atoms with van der Waals surface area (Å²) in [5.74, 6) is 0.828. The van der Waals surface area contributed by atoms with Crippen LogP contribution in [0.2, 0.25) is 0 Å². The van der Waals surface area contributed by atoms with Crippen LogP contribution in [0.4, 0.5) is 0 Å². The first-order chi connectivity index (χ1) is 6.58. The summed E-state index contributed by atoms with van der Waals surface area (Å²) in [7, 11) is 0. The zero-order valence-electron chi connectivity index (χ0n) is 10.1. The molecule has 1 aliphatic rings. The summed E-state index contributed by atoms with van der Waals surface area (Å²) in [4.78, 5) is 0. The Morgan fingerprint density at radius 1 is 0.929 bits per heavy atom. The minimum absolute atomic E-state index is 0.0440. The van der Waals surface area contributed by atoms with Gasteiger partial charge in [0.1, 0.15) is 0 Å². The van der Waals surface area contributed by atoms with Crippen LogP contribution in [0.15, 0.2) is 0 Å². The van der Waals surface area contributed by atoms with Gasteiger partial charge < -0.3 is 4.74 Å². The molecule has 0 bridgehead atoms. The number of rotatable bonds is 2. The van der Waals surface area contributed by atoms with Gasteiger partial charge in [0, 0.05) is 0 Å². The van der Waals surface area contributed by atoms with Crippen LogP contribution in [-0.4, -0.2) is 12.2 Å². The van der Waals surface area contributed by atoms with Gasteiger partial charge in [-0.05, 0) is 39.5 Å². The number of ether oxygens (including phenoxy) is 1. The van der Waals surface area contributed by atoms with E-state index in [2.05, 4.69) is 20.8 Å². The molecule has 1 rings (SSSR count). The topological polar surface area (TPSA) is 9.23 Å². The van der Waals surface area contributed by atoms with Crippen molar-refractivity contribution < 1.29 is 4.74 Å². The summed E-state index contributed by atoms with van der Waals surface area (Å²) < 4.78 is 5.87. The van der Waals surface area contributed by atoms with Crippen molar-refractivity contribution in [3.05, 3.63) is 0 Å². The van der Waals surface area contributed by atoms with Crippen LogP contribution >= 0.6 is 0 Å². The fourth-order valence-electron chi connectivity index (χ4n) is 2.08. The fraction of sp³-hybridized carbons (Fsp3) is 1.00. The van der Waals surface area contributed by atoms with E-state index in [0.29, 0.717) is 0 Å². The summed E-state index contributed by atoms with van der Waals surface area (Å²) in [5, 5.41) is 0. The lowest BCUT2D eigenvalue weighted by Crippen LogP contribution is -2.24. The maximum absolute atomic E-state index is 5.87. The van der Waals surface area contributed by atoms with Gasteiger partial charge in [0.05, 0.1) is 12.2 Å². The van der Waals surface area contributed by atoms with E-state index in [9.17, 15) is 0 Å². The van der Waals surface area contributed by atoms with E-state index in [1.807, 2.05) is 0 Å². The summed E-state index contributed by atoms with van der Waals surface area (Å²) in [6.45, 7) is 7.42. The van der Waals surface area contributed by atoms with E-state index < -0.39 is 0 Å². The molecule has 84 valence electrons. The van der Waals surface area contributed by atoms with E-state index in [1.54, 1.807) is 0 Å². The minimum atomic E-state index is 0.0440. The zero-order valence-corrected chi connectivity index (χ0v) is 10.1. The van der Waals surface area contributed by atoms with Crippen LogP contribution in [0.5, 0.6) is 0 Å². The van der Waals surface area contributed by atoms with E-state index in [-0.39, 0.29) is 5.60 Å². The van der Waals surface area contributed by atoms with E-state index in [1.165, 1.54) is 44.9 Å². The van der Waals surface area contributed by atoms with Crippen molar-refractivity contribution in [2.45, 2.75) is 71.3 Å². The SMILES string of the molecule is CC(C)(C)OCC1CCCCCCC1. The Labute approximate surface area is 89.2 Å². The van der Waals surface area contributed by atoms with Crippen LogP contribution in [0.25, 0.3) is 0 Å².